The van der Waals surface area contributed by atoms with Crippen LogP contribution in [0.15, 0.2) is 18.5 Å². The number of hydrogen-bond donors (Lipinski definition) is 1. The quantitative estimate of drug-likeness (QED) is 0.833. The number of anilines is 1. The van der Waals surface area contributed by atoms with Crippen LogP contribution in [-0.4, -0.2) is 18.7 Å². The second-order valence-corrected chi connectivity index (χ2v) is 5.11. The highest BCUT2D eigenvalue weighted by atomic mass is 32.2. The molecule has 6 heteroatoms. The van der Waals surface area contributed by atoms with Gasteiger partial charge in [0.1, 0.15) is 0 Å². The molecular formula is C9H11N3O2S. The van der Waals surface area contributed by atoms with Crippen molar-refractivity contribution in [3.8, 4) is 6.07 Å². The molecule has 0 spiro atoms. The van der Waals surface area contributed by atoms with Crippen LogP contribution < -0.4 is 4.72 Å². The fourth-order valence-corrected chi connectivity index (χ4v) is 1.75. The molecule has 0 bridgehead atoms. The topological polar surface area (TPSA) is 82.8 Å². The van der Waals surface area contributed by atoms with Gasteiger partial charge in [-0.25, -0.2) is 8.42 Å². The molecule has 0 saturated carbocycles. The van der Waals surface area contributed by atoms with Gasteiger partial charge in [-0.2, -0.15) is 5.26 Å². The molecule has 0 aliphatic carbocycles. The number of rotatable bonds is 3. The van der Waals surface area contributed by atoms with Crippen LogP contribution in [0.5, 0.6) is 0 Å². The third kappa shape index (κ3) is 2.67. The van der Waals surface area contributed by atoms with Crippen molar-refractivity contribution in [2.75, 3.05) is 4.72 Å². The Labute approximate surface area is 88.8 Å². The van der Waals surface area contributed by atoms with E-state index in [1.54, 1.807) is 25.3 Å². The third-order valence-corrected chi connectivity index (χ3v) is 3.46. The van der Waals surface area contributed by atoms with Gasteiger partial charge in [-0.15, -0.1) is 0 Å². The van der Waals surface area contributed by atoms with Crippen molar-refractivity contribution in [3.63, 3.8) is 0 Å². The van der Waals surface area contributed by atoms with Crippen LogP contribution in [0.3, 0.4) is 0 Å². The van der Waals surface area contributed by atoms with Crippen LogP contribution in [0.1, 0.15) is 12.5 Å². The lowest BCUT2D eigenvalue weighted by Gasteiger charge is -2.10. The van der Waals surface area contributed by atoms with Gasteiger partial charge in [-0.1, -0.05) is 0 Å². The Balaban J connectivity index is 2.98. The molecular weight excluding hydrogens is 214 g/mol. The second kappa shape index (κ2) is 4.28. The van der Waals surface area contributed by atoms with Crippen LogP contribution in [-0.2, 0) is 10.0 Å². The summed E-state index contributed by atoms with van der Waals surface area (Å²) < 4.78 is 25.4. The number of hydrogen-bond acceptors (Lipinski definition) is 4. The molecule has 1 aromatic heterocycles. The summed E-state index contributed by atoms with van der Waals surface area (Å²) in [6.07, 6.45) is 3.04. The highest BCUT2D eigenvalue weighted by molar-refractivity contribution is 7.93. The lowest BCUT2D eigenvalue weighted by Crippen LogP contribution is -2.24. The van der Waals surface area contributed by atoms with E-state index in [-0.39, 0.29) is 0 Å². The standard InChI is InChI=1S/C9H11N3O2S/c1-7-6-11-4-3-9(7)12-15(13,14)8(2)5-10/h3-4,6,8H,1-2H3,(H,11,12). The SMILES string of the molecule is Cc1cnccc1NS(=O)(=O)C(C)C#N. The van der Waals surface area contributed by atoms with Gasteiger partial charge in [0.25, 0.3) is 0 Å². The second-order valence-electron chi connectivity index (χ2n) is 3.11. The van der Waals surface area contributed by atoms with Crippen LogP contribution >= 0.6 is 0 Å². The maximum absolute atomic E-state index is 11.5. The highest BCUT2D eigenvalue weighted by Crippen LogP contribution is 2.15. The Morgan fingerprint density at radius 3 is 2.80 bits per heavy atom. The van der Waals surface area contributed by atoms with Crippen molar-refractivity contribution < 1.29 is 8.42 Å². The molecule has 1 unspecified atom stereocenters. The molecule has 15 heavy (non-hydrogen) atoms. The first-order valence-electron chi connectivity index (χ1n) is 4.29. The zero-order chi connectivity index (χ0) is 11.5. The van der Waals surface area contributed by atoms with Gasteiger partial charge in [-0.05, 0) is 25.5 Å². The average Bonchev–Trinajstić information content (AvgIpc) is 2.20. The molecule has 0 fully saturated rings. The molecule has 1 heterocycles. The monoisotopic (exact) mass is 225 g/mol. The minimum absolute atomic E-state index is 0.451. The first-order chi connectivity index (χ1) is 6.97. The number of sulfonamides is 1. The van der Waals surface area contributed by atoms with E-state index in [1.165, 1.54) is 13.1 Å². The lowest BCUT2D eigenvalue weighted by molar-refractivity contribution is 0.597. The van der Waals surface area contributed by atoms with Crippen molar-refractivity contribution >= 4 is 15.7 Å². The van der Waals surface area contributed by atoms with E-state index in [0.29, 0.717) is 11.3 Å². The Hall–Kier alpha value is -1.61. The number of pyridine rings is 1. The summed E-state index contributed by atoms with van der Waals surface area (Å²) in [6.45, 7) is 3.07. The minimum Gasteiger partial charge on any atom is -0.282 e. The smallest absolute Gasteiger partial charge is 0.248 e. The van der Waals surface area contributed by atoms with Crippen LogP contribution in [0.4, 0.5) is 5.69 Å². The van der Waals surface area contributed by atoms with Gasteiger partial charge >= 0.3 is 0 Å². The Bertz CT molecular complexity index is 490. The van der Waals surface area contributed by atoms with Gasteiger partial charge in [0.05, 0.1) is 11.8 Å². The highest BCUT2D eigenvalue weighted by Gasteiger charge is 2.20. The Morgan fingerprint density at radius 2 is 2.27 bits per heavy atom. The van der Waals surface area contributed by atoms with Crippen LogP contribution in [0.2, 0.25) is 0 Å². The summed E-state index contributed by atoms with van der Waals surface area (Å²) in [4.78, 5) is 3.84. The first-order valence-corrected chi connectivity index (χ1v) is 5.84. The Morgan fingerprint density at radius 1 is 1.60 bits per heavy atom. The molecule has 0 aliphatic heterocycles. The summed E-state index contributed by atoms with van der Waals surface area (Å²) in [7, 11) is -3.62. The normalized spacial score (nSPS) is 12.9. The molecule has 1 aromatic rings. The van der Waals surface area contributed by atoms with E-state index in [0.717, 1.165) is 0 Å². The molecule has 1 rings (SSSR count). The summed E-state index contributed by atoms with van der Waals surface area (Å²) in [5.74, 6) is 0. The van der Waals surface area contributed by atoms with Gasteiger partial charge in [0, 0.05) is 12.4 Å². The number of nitrogens with one attached hydrogen (secondary N) is 1. The maximum atomic E-state index is 11.5. The summed E-state index contributed by atoms with van der Waals surface area (Å²) in [6, 6.07) is 3.23. The fraction of sp³-hybridized carbons (Fsp3) is 0.333. The summed E-state index contributed by atoms with van der Waals surface area (Å²) in [5.41, 5.74) is 1.17. The van der Waals surface area contributed by atoms with E-state index in [9.17, 15) is 8.42 Å². The van der Waals surface area contributed by atoms with E-state index in [4.69, 9.17) is 5.26 Å². The number of nitriles is 1. The third-order valence-electron chi connectivity index (χ3n) is 1.92. The largest absolute Gasteiger partial charge is 0.282 e. The molecule has 0 amide bonds. The average molecular weight is 225 g/mol. The van der Waals surface area contributed by atoms with Crippen molar-refractivity contribution in [1.29, 1.82) is 5.26 Å². The van der Waals surface area contributed by atoms with Gasteiger partial charge in [0.2, 0.25) is 10.0 Å². The van der Waals surface area contributed by atoms with E-state index in [1.807, 2.05) is 0 Å². The molecule has 1 N–H and O–H groups in total. The number of nitrogens with zero attached hydrogens (tertiary/aromatic N) is 2. The van der Waals surface area contributed by atoms with Gasteiger partial charge in [0.15, 0.2) is 5.25 Å². The molecule has 80 valence electrons. The van der Waals surface area contributed by atoms with Gasteiger partial charge < -0.3 is 0 Å². The number of aromatic nitrogens is 1. The van der Waals surface area contributed by atoms with Crippen LogP contribution in [0, 0.1) is 18.3 Å². The van der Waals surface area contributed by atoms with E-state index in [2.05, 4.69) is 9.71 Å². The van der Waals surface area contributed by atoms with Crippen molar-refractivity contribution in [1.82, 2.24) is 4.98 Å². The zero-order valence-corrected chi connectivity index (χ0v) is 9.25. The zero-order valence-electron chi connectivity index (χ0n) is 8.43. The fourth-order valence-electron chi connectivity index (χ4n) is 0.899. The van der Waals surface area contributed by atoms with Gasteiger partial charge in [-0.3, -0.25) is 9.71 Å². The predicted octanol–water partition coefficient (Wildman–Crippen LogP) is 1.04. The first kappa shape index (κ1) is 11.5. The molecule has 0 saturated heterocycles. The lowest BCUT2D eigenvalue weighted by atomic mass is 10.3. The molecule has 0 aromatic carbocycles. The van der Waals surface area contributed by atoms with Crippen molar-refractivity contribution in [2.45, 2.75) is 19.1 Å². The summed E-state index contributed by atoms with van der Waals surface area (Å²) >= 11 is 0. The number of aryl methyl sites for hydroxylation is 1. The molecule has 1 atom stereocenters. The minimum atomic E-state index is -3.62. The van der Waals surface area contributed by atoms with E-state index < -0.39 is 15.3 Å². The van der Waals surface area contributed by atoms with Crippen molar-refractivity contribution in [2.24, 2.45) is 0 Å². The van der Waals surface area contributed by atoms with Crippen molar-refractivity contribution in [3.05, 3.63) is 24.0 Å². The molecule has 0 aliphatic rings. The molecule has 5 nitrogen and oxygen atoms in total. The molecule has 0 radical (unpaired) electrons. The van der Waals surface area contributed by atoms with E-state index >= 15 is 0 Å². The predicted molar refractivity (Wildman–Crippen MR) is 56.6 cm³/mol. The summed E-state index contributed by atoms with van der Waals surface area (Å²) in [5, 5.41) is 7.46. The Kier molecular flexibility index (Phi) is 3.27. The maximum Gasteiger partial charge on any atom is 0.248 e. The van der Waals surface area contributed by atoms with Crippen LogP contribution in [0.25, 0.3) is 0 Å².